The number of pyridine rings is 1. The smallest absolute Gasteiger partial charge is 0.414 e. The zero-order valence-electron chi connectivity index (χ0n) is 22.4. The van der Waals surface area contributed by atoms with Crippen molar-refractivity contribution in [1.29, 1.82) is 5.26 Å². The number of hydrogen-bond donors (Lipinski definition) is 2. The Morgan fingerprint density at radius 1 is 1.26 bits per heavy atom. The molecule has 1 amide bonds. The number of anilines is 3. The van der Waals surface area contributed by atoms with Crippen molar-refractivity contribution in [2.45, 2.75) is 58.7 Å². The van der Waals surface area contributed by atoms with E-state index in [1.165, 1.54) is 4.90 Å². The van der Waals surface area contributed by atoms with Crippen molar-refractivity contribution in [2.75, 3.05) is 23.4 Å². The molecule has 0 radical (unpaired) electrons. The number of hydrogen-bond acceptors (Lipinski definition) is 9. The van der Waals surface area contributed by atoms with E-state index >= 15 is 0 Å². The largest absolute Gasteiger partial charge is 0.473 e. The maximum Gasteiger partial charge on any atom is 0.414 e. The molecule has 0 saturated heterocycles. The number of ether oxygens (including phenoxy) is 2. The summed E-state index contributed by atoms with van der Waals surface area (Å²) >= 11 is 0. The summed E-state index contributed by atoms with van der Waals surface area (Å²) in [6.45, 7) is 11.0. The number of rotatable bonds is 6. The van der Waals surface area contributed by atoms with Gasteiger partial charge in [-0.05, 0) is 70.5 Å². The number of benzene rings is 1. The molecule has 2 N–H and O–H groups in total. The Bertz CT molecular complexity index is 1390. The first-order valence-electron chi connectivity index (χ1n) is 12.4. The lowest BCUT2D eigenvalue weighted by atomic mass is 9.83. The van der Waals surface area contributed by atoms with Crippen molar-refractivity contribution in [3.05, 3.63) is 53.9 Å². The van der Waals surface area contributed by atoms with Crippen LogP contribution in [0.25, 0.3) is 11.3 Å². The number of nitrogens with zero attached hydrogens (tertiary/aromatic N) is 5. The number of amides is 1. The highest BCUT2D eigenvalue weighted by molar-refractivity contribution is 5.95. The van der Waals surface area contributed by atoms with Crippen molar-refractivity contribution in [1.82, 2.24) is 15.0 Å². The van der Waals surface area contributed by atoms with Gasteiger partial charge in [0.1, 0.15) is 17.4 Å². The number of carbonyl (C=O) groups excluding carboxylic acids is 1. The molecule has 0 fully saturated rings. The number of aliphatic hydroxyl groups is 1. The summed E-state index contributed by atoms with van der Waals surface area (Å²) in [4.78, 5) is 27.7. The molecule has 3 aromatic rings. The van der Waals surface area contributed by atoms with E-state index in [1.54, 1.807) is 51.4 Å². The van der Waals surface area contributed by atoms with E-state index in [9.17, 15) is 15.2 Å². The van der Waals surface area contributed by atoms with E-state index in [4.69, 9.17) is 9.47 Å². The third kappa shape index (κ3) is 5.53. The van der Waals surface area contributed by atoms with Crippen LogP contribution in [-0.4, -0.2) is 51.0 Å². The molecule has 198 valence electrons. The standard InChI is InChI=1S/C28H32N6O4/c1-17(2)37-24-22(8-7-10-30-24)33-25-31-11-9-21(32-25)18-12-19(14-29)23-20(13-18)28(6,16-35)15-34(23)26(36)38-27(3,4)5/h7-13,17,35H,15-16H2,1-6H3,(H,31,32,33). The lowest BCUT2D eigenvalue weighted by Gasteiger charge is -2.26. The van der Waals surface area contributed by atoms with Gasteiger partial charge in [-0.1, -0.05) is 6.92 Å². The predicted octanol–water partition coefficient (Wildman–Crippen LogP) is 4.95. The molecule has 1 aromatic carbocycles. The Morgan fingerprint density at radius 3 is 2.68 bits per heavy atom. The Balaban J connectivity index is 1.74. The average molecular weight is 517 g/mol. The van der Waals surface area contributed by atoms with Crippen LogP contribution in [0.2, 0.25) is 0 Å². The van der Waals surface area contributed by atoms with Crippen molar-refractivity contribution in [3.63, 3.8) is 0 Å². The van der Waals surface area contributed by atoms with Crippen LogP contribution in [0.1, 0.15) is 52.7 Å². The normalized spacial score (nSPS) is 16.7. The van der Waals surface area contributed by atoms with Crippen LogP contribution >= 0.6 is 0 Å². The van der Waals surface area contributed by atoms with Gasteiger partial charge in [-0.15, -0.1) is 0 Å². The summed E-state index contributed by atoms with van der Waals surface area (Å²) in [6, 6.07) is 11.1. The third-order valence-corrected chi connectivity index (χ3v) is 5.94. The second kappa shape index (κ2) is 10.3. The molecule has 0 aliphatic carbocycles. The fourth-order valence-corrected chi connectivity index (χ4v) is 4.24. The minimum atomic E-state index is -0.791. The van der Waals surface area contributed by atoms with Gasteiger partial charge in [-0.3, -0.25) is 4.90 Å². The summed E-state index contributed by atoms with van der Waals surface area (Å²) in [5.41, 5.74) is 1.74. The first-order chi connectivity index (χ1) is 17.9. The van der Waals surface area contributed by atoms with Crippen LogP contribution in [0.15, 0.2) is 42.7 Å². The molecule has 1 aliphatic heterocycles. The Hall–Kier alpha value is -4.23. The number of aromatic nitrogens is 3. The van der Waals surface area contributed by atoms with Crippen LogP contribution in [0.3, 0.4) is 0 Å². The van der Waals surface area contributed by atoms with Gasteiger partial charge in [0.15, 0.2) is 0 Å². The third-order valence-electron chi connectivity index (χ3n) is 5.94. The van der Waals surface area contributed by atoms with E-state index < -0.39 is 17.1 Å². The lowest BCUT2D eigenvalue weighted by molar-refractivity contribution is 0.0575. The number of carbonyl (C=O) groups is 1. The maximum absolute atomic E-state index is 13.0. The van der Waals surface area contributed by atoms with E-state index in [0.29, 0.717) is 40.0 Å². The molecular formula is C28H32N6O4. The second-order valence-corrected chi connectivity index (χ2v) is 10.7. The number of nitriles is 1. The Morgan fingerprint density at radius 2 is 2.03 bits per heavy atom. The quantitative estimate of drug-likeness (QED) is 0.467. The van der Waals surface area contributed by atoms with Crippen molar-refractivity contribution in [2.24, 2.45) is 0 Å². The molecule has 10 nitrogen and oxygen atoms in total. The highest BCUT2D eigenvalue weighted by atomic mass is 16.6. The summed E-state index contributed by atoms with van der Waals surface area (Å²) in [6.07, 6.45) is 2.63. The Kier molecular flexibility index (Phi) is 7.24. The summed E-state index contributed by atoms with van der Waals surface area (Å²) in [5, 5.41) is 23.5. The number of nitrogens with one attached hydrogen (secondary N) is 1. The van der Waals surface area contributed by atoms with Crippen LogP contribution in [0.5, 0.6) is 5.88 Å². The van der Waals surface area contributed by atoms with Gasteiger partial charge < -0.3 is 19.9 Å². The molecule has 1 aliphatic rings. The lowest BCUT2D eigenvalue weighted by Crippen LogP contribution is -2.40. The highest BCUT2D eigenvalue weighted by Crippen LogP contribution is 2.45. The number of fused-ring (bicyclic) bond motifs is 1. The van der Waals surface area contributed by atoms with Gasteiger partial charge in [0.05, 0.1) is 29.7 Å². The zero-order chi connectivity index (χ0) is 27.7. The topological polar surface area (TPSA) is 133 Å². The van der Waals surface area contributed by atoms with E-state index in [1.807, 2.05) is 32.9 Å². The van der Waals surface area contributed by atoms with Crippen LogP contribution < -0.4 is 15.0 Å². The van der Waals surface area contributed by atoms with Crippen molar-refractivity contribution in [3.8, 4) is 23.2 Å². The summed E-state index contributed by atoms with van der Waals surface area (Å²) in [7, 11) is 0. The van der Waals surface area contributed by atoms with E-state index in [-0.39, 0.29) is 24.8 Å². The molecule has 1 atom stereocenters. The minimum Gasteiger partial charge on any atom is -0.473 e. The summed E-state index contributed by atoms with van der Waals surface area (Å²) in [5.74, 6) is 0.755. The fourth-order valence-electron chi connectivity index (χ4n) is 4.24. The van der Waals surface area contributed by atoms with Crippen LogP contribution in [0.4, 0.5) is 22.1 Å². The first kappa shape index (κ1) is 26.8. The average Bonchev–Trinajstić information content (AvgIpc) is 3.17. The van der Waals surface area contributed by atoms with Crippen molar-refractivity contribution >= 4 is 23.4 Å². The highest BCUT2D eigenvalue weighted by Gasteiger charge is 2.44. The maximum atomic E-state index is 13.0. The van der Waals surface area contributed by atoms with Gasteiger partial charge in [0.2, 0.25) is 11.8 Å². The minimum absolute atomic E-state index is 0.0606. The number of aliphatic hydroxyl groups excluding tert-OH is 1. The fraction of sp³-hybridized carbons (Fsp3) is 0.393. The van der Waals surface area contributed by atoms with Crippen LogP contribution in [0, 0.1) is 11.3 Å². The molecule has 3 heterocycles. The molecule has 0 spiro atoms. The second-order valence-electron chi connectivity index (χ2n) is 10.7. The molecule has 38 heavy (non-hydrogen) atoms. The molecule has 4 rings (SSSR count). The molecular weight excluding hydrogens is 484 g/mol. The van der Waals surface area contributed by atoms with Gasteiger partial charge in [0, 0.05) is 29.9 Å². The predicted molar refractivity (Wildman–Crippen MR) is 143 cm³/mol. The van der Waals surface area contributed by atoms with Gasteiger partial charge in [-0.2, -0.15) is 5.26 Å². The molecule has 2 aromatic heterocycles. The van der Waals surface area contributed by atoms with Gasteiger partial charge in [-0.25, -0.2) is 19.7 Å². The van der Waals surface area contributed by atoms with E-state index in [2.05, 4.69) is 26.3 Å². The van der Waals surface area contributed by atoms with Crippen molar-refractivity contribution < 1.29 is 19.4 Å². The Labute approximate surface area is 222 Å². The van der Waals surface area contributed by atoms with Gasteiger partial charge in [0.25, 0.3) is 0 Å². The molecule has 0 bridgehead atoms. The monoisotopic (exact) mass is 516 g/mol. The molecule has 10 heteroatoms. The summed E-state index contributed by atoms with van der Waals surface area (Å²) < 4.78 is 11.4. The van der Waals surface area contributed by atoms with Gasteiger partial charge >= 0.3 is 6.09 Å². The van der Waals surface area contributed by atoms with E-state index in [0.717, 1.165) is 0 Å². The zero-order valence-corrected chi connectivity index (χ0v) is 22.4. The van der Waals surface area contributed by atoms with Crippen LogP contribution in [-0.2, 0) is 10.2 Å². The molecule has 1 unspecified atom stereocenters. The first-order valence-corrected chi connectivity index (χ1v) is 12.4. The SMILES string of the molecule is CC(C)Oc1ncccc1Nc1nccc(-c2cc(C#N)c3c(c2)C(C)(CO)CN3C(=O)OC(C)(C)C)n1. The molecule has 0 saturated carbocycles.